The summed E-state index contributed by atoms with van der Waals surface area (Å²) in [4.78, 5) is 16.2. The van der Waals surface area contributed by atoms with Crippen molar-refractivity contribution in [3.63, 3.8) is 0 Å². The molecule has 0 atom stereocenters. The van der Waals surface area contributed by atoms with Crippen LogP contribution in [-0.2, 0) is 6.54 Å². The molecule has 0 radical (unpaired) electrons. The minimum Gasteiger partial charge on any atom is -0.435 e. The lowest BCUT2D eigenvalue weighted by Crippen LogP contribution is -2.05. The normalized spacial score (nSPS) is 10.9. The quantitative estimate of drug-likeness (QED) is 0.580. The Balaban J connectivity index is 1.94. The first kappa shape index (κ1) is 15.5. The smallest absolute Gasteiger partial charge is 0.387 e. The van der Waals surface area contributed by atoms with Crippen molar-refractivity contribution in [1.82, 2.24) is 9.55 Å². The fourth-order valence-electron chi connectivity index (χ4n) is 1.71. The summed E-state index contributed by atoms with van der Waals surface area (Å²) in [6, 6.07) is 5.67. The topological polar surface area (TPSA) is 44.1 Å². The summed E-state index contributed by atoms with van der Waals surface area (Å²) in [6.07, 6.45) is 3.54. The van der Waals surface area contributed by atoms with Crippen LogP contribution in [0, 0.1) is 0 Å². The molecule has 0 aliphatic heterocycles. The molecule has 2 rings (SSSR count). The largest absolute Gasteiger partial charge is 0.435 e. The van der Waals surface area contributed by atoms with Crippen LogP contribution >= 0.6 is 11.8 Å². The summed E-state index contributed by atoms with van der Waals surface area (Å²) in [6.45, 7) is -0.0825. The molecule has 21 heavy (non-hydrogen) atoms. The number of hydrogen-bond acceptors (Lipinski definition) is 4. The number of Topliss-reactive ketones (excluding diaryl/α,β-unsaturated/α-hetero) is 1. The highest BCUT2D eigenvalue weighted by atomic mass is 32.2. The summed E-state index contributed by atoms with van der Waals surface area (Å²) in [5.74, 6) is 0.191. The van der Waals surface area contributed by atoms with Gasteiger partial charge >= 0.3 is 6.61 Å². The number of halogens is 2. The first-order chi connectivity index (χ1) is 10.1. The lowest BCUT2D eigenvalue weighted by Gasteiger charge is -2.06. The standard InChI is InChI=1S/C14H14F2N2O2S/c1-2-18-8-7-17-14(18)21-9-12(19)10-3-5-11(6-4-10)20-13(15)16/h3-8,13H,2,9H2,1H3. The van der Waals surface area contributed by atoms with Crippen molar-refractivity contribution in [3.8, 4) is 5.75 Å². The van der Waals surface area contributed by atoms with Crippen LogP contribution in [0.4, 0.5) is 8.78 Å². The second-order valence-corrected chi connectivity index (χ2v) is 5.05. The zero-order valence-electron chi connectivity index (χ0n) is 11.3. The van der Waals surface area contributed by atoms with Crippen LogP contribution in [0.3, 0.4) is 0 Å². The van der Waals surface area contributed by atoms with Gasteiger partial charge in [0.05, 0.1) is 5.75 Å². The Morgan fingerprint density at radius 3 is 2.71 bits per heavy atom. The number of nitrogens with zero attached hydrogens (tertiary/aromatic N) is 2. The molecule has 0 N–H and O–H groups in total. The van der Waals surface area contributed by atoms with Gasteiger partial charge in [0.25, 0.3) is 0 Å². The summed E-state index contributed by atoms with van der Waals surface area (Å²) < 4.78 is 30.2. The Labute approximate surface area is 125 Å². The predicted molar refractivity (Wildman–Crippen MR) is 76.0 cm³/mol. The van der Waals surface area contributed by atoms with E-state index in [4.69, 9.17) is 0 Å². The van der Waals surface area contributed by atoms with Gasteiger partial charge in [0, 0.05) is 24.5 Å². The van der Waals surface area contributed by atoms with E-state index >= 15 is 0 Å². The van der Waals surface area contributed by atoms with Gasteiger partial charge in [0.2, 0.25) is 0 Å². The van der Waals surface area contributed by atoms with E-state index in [0.29, 0.717) is 5.56 Å². The minimum atomic E-state index is -2.87. The molecule has 1 aromatic carbocycles. The molecule has 0 spiro atoms. The number of aromatic nitrogens is 2. The Kier molecular flexibility index (Phi) is 5.32. The Bertz CT molecular complexity index is 599. The van der Waals surface area contributed by atoms with Crippen LogP contribution in [0.2, 0.25) is 0 Å². The second kappa shape index (κ2) is 7.21. The van der Waals surface area contributed by atoms with Crippen molar-refractivity contribution in [2.45, 2.75) is 25.2 Å². The molecule has 7 heteroatoms. The van der Waals surface area contributed by atoms with E-state index in [1.165, 1.54) is 36.0 Å². The van der Waals surface area contributed by atoms with E-state index in [9.17, 15) is 13.6 Å². The first-order valence-electron chi connectivity index (χ1n) is 6.32. The zero-order valence-corrected chi connectivity index (χ0v) is 12.1. The van der Waals surface area contributed by atoms with Crippen LogP contribution in [0.5, 0.6) is 5.75 Å². The summed E-state index contributed by atoms with van der Waals surface area (Å²) in [5.41, 5.74) is 0.457. The number of carbonyl (C=O) groups is 1. The van der Waals surface area contributed by atoms with E-state index in [1.807, 2.05) is 17.7 Å². The van der Waals surface area contributed by atoms with Crippen LogP contribution in [0.25, 0.3) is 0 Å². The van der Waals surface area contributed by atoms with Gasteiger partial charge in [0.15, 0.2) is 10.9 Å². The molecule has 1 aromatic heterocycles. The summed E-state index contributed by atoms with van der Waals surface area (Å²) in [7, 11) is 0. The third-order valence-corrected chi connectivity index (χ3v) is 3.76. The monoisotopic (exact) mass is 312 g/mol. The molecule has 0 aliphatic carbocycles. The van der Waals surface area contributed by atoms with E-state index in [-0.39, 0.29) is 17.3 Å². The van der Waals surface area contributed by atoms with E-state index < -0.39 is 6.61 Å². The van der Waals surface area contributed by atoms with Crippen molar-refractivity contribution in [2.24, 2.45) is 0 Å². The number of ketones is 1. The fraction of sp³-hybridized carbons (Fsp3) is 0.286. The SMILES string of the molecule is CCn1ccnc1SCC(=O)c1ccc(OC(F)F)cc1. The molecule has 0 bridgehead atoms. The van der Waals surface area contributed by atoms with Crippen LogP contribution < -0.4 is 4.74 Å². The zero-order chi connectivity index (χ0) is 15.2. The number of ether oxygens (including phenoxy) is 1. The number of alkyl halides is 2. The number of rotatable bonds is 7. The third-order valence-electron chi connectivity index (χ3n) is 2.75. The second-order valence-electron chi connectivity index (χ2n) is 4.11. The highest BCUT2D eigenvalue weighted by Crippen LogP contribution is 2.19. The number of imidazole rings is 1. The Morgan fingerprint density at radius 2 is 2.10 bits per heavy atom. The molecule has 0 amide bonds. The van der Waals surface area contributed by atoms with Gasteiger partial charge in [-0.1, -0.05) is 11.8 Å². The fourth-order valence-corrected chi connectivity index (χ4v) is 2.63. The summed E-state index contributed by atoms with van der Waals surface area (Å²) >= 11 is 1.35. The Hall–Kier alpha value is -1.89. The lowest BCUT2D eigenvalue weighted by molar-refractivity contribution is -0.0498. The van der Waals surface area contributed by atoms with Crippen LogP contribution in [0.15, 0.2) is 41.8 Å². The average Bonchev–Trinajstić information content (AvgIpc) is 2.92. The molecule has 0 fully saturated rings. The van der Waals surface area contributed by atoms with Gasteiger partial charge in [0.1, 0.15) is 5.75 Å². The molecule has 0 aliphatic rings. The minimum absolute atomic E-state index is 0.0377. The summed E-state index contributed by atoms with van der Waals surface area (Å²) in [5, 5.41) is 0.781. The molecule has 112 valence electrons. The van der Waals surface area contributed by atoms with Crippen molar-refractivity contribution in [3.05, 3.63) is 42.2 Å². The highest BCUT2D eigenvalue weighted by Gasteiger charge is 2.10. The average molecular weight is 312 g/mol. The van der Waals surface area contributed by atoms with Gasteiger partial charge in [-0.25, -0.2) is 4.98 Å². The van der Waals surface area contributed by atoms with Gasteiger partial charge < -0.3 is 9.30 Å². The van der Waals surface area contributed by atoms with Crippen molar-refractivity contribution >= 4 is 17.5 Å². The maximum Gasteiger partial charge on any atom is 0.387 e. The molecule has 1 heterocycles. The molecule has 4 nitrogen and oxygen atoms in total. The number of thioether (sulfide) groups is 1. The molecule has 0 unspecified atom stereocenters. The van der Waals surface area contributed by atoms with Crippen LogP contribution in [0.1, 0.15) is 17.3 Å². The molecule has 2 aromatic rings. The van der Waals surface area contributed by atoms with Gasteiger partial charge in [-0.2, -0.15) is 8.78 Å². The van der Waals surface area contributed by atoms with Gasteiger partial charge in [-0.15, -0.1) is 0 Å². The first-order valence-corrected chi connectivity index (χ1v) is 7.30. The maximum atomic E-state index is 12.0. The molecule has 0 saturated heterocycles. The van der Waals surface area contributed by atoms with E-state index in [1.54, 1.807) is 6.20 Å². The molecular weight excluding hydrogens is 298 g/mol. The third kappa shape index (κ3) is 4.29. The van der Waals surface area contributed by atoms with Crippen molar-refractivity contribution in [1.29, 1.82) is 0 Å². The number of carbonyl (C=O) groups excluding carboxylic acids is 1. The predicted octanol–water partition coefficient (Wildman–Crippen LogP) is 3.48. The van der Waals surface area contributed by atoms with E-state index in [0.717, 1.165) is 11.7 Å². The highest BCUT2D eigenvalue weighted by molar-refractivity contribution is 7.99. The van der Waals surface area contributed by atoms with Gasteiger partial charge in [-0.3, -0.25) is 4.79 Å². The van der Waals surface area contributed by atoms with Gasteiger partial charge in [-0.05, 0) is 31.2 Å². The number of benzene rings is 1. The maximum absolute atomic E-state index is 12.0. The number of aryl methyl sites for hydroxylation is 1. The molecule has 0 saturated carbocycles. The van der Waals surface area contributed by atoms with Crippen molar-refractivity contribution < 1.29 is 18.3 Å². The van der Waals surface area contributed by atoms with Crippen molar-refractivity contribution in [2.75, 3.05) is 5.75 Å². The Morgan fingerprint density at radius 1 is 1.38 bits per heavy atom. The van der Waals surface area contributed by atoms with E-state index in [2.05, 4.69) is 9.72 Å². The van der Waals surface area contributed by atoms with Crippen LogP contribution in [-0.4, -0.2) is 27.7 Å². The lowest BCUT2D eigenvalue weighted by atomic mass is 10.1. The number of hydrogen-bond donors (Lipinski definition) is 0. The molecular formula is C14H14F2N2O2S.